The molecule has 26 heavy (non-hydrogen) atoms. The minimum Gasteiger partial charge on any atom is -0.507 e. The number of para-hydroxylation sites is 2. The van der Waals surface area contributed by atoms with E-state index in [4.69, 9.17) is 4.74 Å². The van der Waals surface area contributed by atoms with E-state index in [0.717, 1.165) is 49.4 Å². The largest absolute Gasteiger partial charge is 0.507 e. The Morgan fingerprint density at radius 1 is 0.962 bits per heavy atom. The predicted molar refractivity (Wildman–Crippen MR) is 105 cm³/mol. The molecule has 1 heterocycles. The van der Waals surface area contributed by atoms with Gasteiger partial charge >= 0.3 is 0 Å². The van der Waals surface area contributed by atoms with Crippen LogP contribution < -0.4 is 14.5 Å². The number of anilines is 1. The van der Waals surface area contributed by atoms with E-state index in [9.17, 15) is 5.11 Å². The van der Waals surface area contributed by atoms with Crippen LogP contribution in [0.2, 0.25) is 0 Å². The lowest BCUT2D eigenvalue weighted by atomic mass is 10.0. The number of methoxy groups -OCH3 is 1. The van der Waals surface area contributed by atoms with Crippen LogP contribution in [-0.2, 0) is 6.54 Å². The number of hydrogen-bond donors (Lipinski definition) is 2. The molecule has 0 aromatic heterocycles. The van der Waals surface area contributed by atoms with Crippen molar-refractivity contribution in [1.82, 2.24) is 0 Å². The van der Waals surface area contributed by atoms with Gasteiger partial charge in [-0.1, -0.05) is 42.5 Å². The number of nitrogens with one attached hydrogen (secondary N) is 1. The number of phenols is 1. The monoisotopic (exact) mass is 349 g/mol. The summed E-state index contributed by atoms with van der Waals surface area (Å²) in [5, 5.41) is 12.7. The van der Waals surface area contributed by atoms with Crippen LogP contribution in [0.25, 0.3) is 10.8 Å². The minimum atomic E-state index is 0.406. The Balaban J connectivity index is 1.49. The van der Waals surface area contributed by atoms with Gasteiger partial charge in [0.05, 0.1) is 44.5 Å². The molecule has 4 heteroatoms. The van der Waals surface area contributed by atoms with Gasteiger partial charge in [0.2, 0.25) is 0 Å². The number of benzene rings is 3. The standard InChI is InChI=1S/C22H24N2O2/c1-26-22-9-5-4-8-20(22)24-14-12-23(13-15-24)16-19-18-7-3-2-6-17(18)10-11-21(19)25/h2-11,25H,12-16H2,1H3/p+1. The van der Waals surface area contributed by atoms with E-state index >= 15 is 0 Å². The minimum absolute atomic E-state index is 0.406. The average Bonchev–Trinajstić information content (AvgIpc) is 2.70. The van der Waals surface area contributed by atoms with Gasteiger partial charge in [-0.15, -0.1) is 0 Å². The third-order valence-electron chi connectivity index (χ3n) is 5.34. The van der Waals surface area contributed by atoms with Crippen LogP contribution in [0.15, 0.2) is 60.7 Å². The third-order valence-corrected chi connectivity index (χ3v) is 5.34. The molecular weight excluding hydrogens is 324 g/mol. The van der Waals surface area contributed by atoms with Gasteiger partial charge in [-0.2, -0.15) is 0 Å². The number of nitrogens with zero attached hydrogens (tertiary/aromatic N) is 1. The summed E-state index contributed by atoms with van der Waals surface area (Å²) >= 11 is 0. The van der Waals surface area contributed by atoms with E-state index in [-0.39, 0.29) is 0 Å². The zero-order valence-electron chi connectivity index (χ0n) is 15.1. The van der Waals surface area contributed by atoms with Crippen LogP contribution in [0.3, 0.4) is 0 Å². The Morgan fingerprint density at radius 3 is 2.50 bits per heavy atom. The lowest BCUT2D eigenvalue weighted by molar-refractivity contribution is -0.914. The van der Waals surface area contributed by atoms with Crippen LogP contribution >= 0.6 is 0 Å². The molecule has 0 atom stereocenters. The van der Waals surface area contributed by atoms with Crippen LogP contribution in [0.4, 0.5) is 5.69 Å². The molecule has 1 saturated heterocycles. The fraction of sp³-hybridized carbons (Fsp3) is 0.273. The molecule has 0 radical (unpaired) electrons. The molecule has 3 aromatic rings. The smallest absolute Gasteiger partial charge is 0.142 e. The van der Waals surface area contributed by atoms with Crippen molar-refractivity contribution >= 4 is 16.5 Å². The van der Waals surface area contributed by atoms with E-state index in [1.807, 2.05) is 36.4 Å². The second-order valence-electron chi connectivity index (χ2n) is 6.87. The summed E-state index contributed by atoms with van der Waals surface area (Å²) in [6, 6.07) is 20.3. The van der Waals surface area contributed by atoms with Gasteiger partial charge in [0.25, 0.3) is 0 Å². The zero-order valence-corrected chi connectivity index (χ0v) is 15.1. The Bertz CT molecular complexity index is 902. The number of aromatic hydroxyl groups is 1. The van der Waals surface area contributed by atoms with Crippen LogP contribution in [-0.4, -0.2) is 38.4 Å². The van der Waals surface area contributed by atoms with Crippen LogP contribution in [0, 0.1) is 0 Å². The first-order chi connectivity index (χ1) is 12.8. The SMILES string of the molecule is COc1ccccc1N1CC[NH+](Cc2c(O)ccc3ccccc23)CC1. The van der Waals surface area contributed by atoms with Crippen molar-refractivity contribution in [2.24, 2.45) is 0 Å². The van der Waals surface area contributed by atoms with Gasteiger partial charge in [-0.3, -0.25) is 0 Å². The van der Waals surface area contributed by atoms with Crippen LogP contribution in [0.5, 0.6) is 11.5 Å². The highest BCUT2D eigenvalue weighted by molar-refractivity contribution is 5.87. The fourth-order valence-corrected chi connectivity index (χ4v) is 3.89. The van der Waals surface area contributed by atoms with Crippen molar-refractivity contribution in [1.29, 1.82) is 0 Å². The van der Waals surface area contributed by atoms with E-state index in [0.29, 0.717) is 5.75 Å². The number of rotatable bonds is 4. The molecule has 1 fully saturated rings. The summed E-state index contributed by atoms with van der Waals surface area (Å²) in [5.74, 6) is 1.34. The van der Waals surface area contributed by atoms with E-state index in [1.165, 1.54) is 16.0 Å². The summed E-state index contributed by atoms with van der Waals surface area (Å²) in [6.07, 6.45) is 0. The lowest BCUT2D eigenvalue weighted by Crippen LogP contribution is -3.13. The molecule has 1 aliphatic rings. The molecule has 0 spiro atoms. The lowest BCUT2D eigenvalue weighted by Gasteiger charge is -2.34. The first-order valence-electron chi connectivity index (χ1n) is 9.17. The molecule has 4 nitrogen and oxygen atoms in total. The summed E-state index contributed by atoms with van der Waals surface area (Å²) in [6.45, 7) is 4.91. The number of ether oxygens (including phenoxy) is 1. The molecule has 0 amide bonds. The van der Waals surface area contributed by atoms with Crippen molar-refractivity contribution in [2.45, 2.75) is 6.54 Å². The molecule has 134 valence electrons. The maximum absolute atomic E-state index is 10.4. The number of piperazine rings is 1. The molecule has 4 rings (SSSR count). The summed E-state index contributed by atoms with van der Waals surface area (Å²) < 4.78 is 5.50. The Morgan fingerprint density at radius 2 is 1.69 bits per heavy atom. The summed E-state index contributed by atoms with van der Waals surface area (Å²) in [7, 11) is 1.73. The molecule has 0 aliphatic carbocycles. The van der Waals surface area contributed by atoms with Crippen molar-refractivity contribution in [3.05, 3.63) is 66.2 Å². The second kappa shape index (κ2) is 7.26. The molecule has 2 N–H and O–H groups in total. The first-order valence-corrected chi connectivity index (χ1v) is 9.17. The highest BCUT2D eigenvalue weighted by Crippen LogP contribution is 2.28. The quantitative estimate of drug-likeness (QED) is 0.760. The van der Waals surface area contributed by atoms with Gasteiger partial charge in [-0.25, -0.2) is 0 Å². The molecule has 0 saturated carbocycles. The van der Waals surface area contributed by atoms with Gasteiger partial charge in [-0.05, 0) is 29.0 Å². The summed E-state index contributed by atoms with van der Waals surface area (Å²) in [5.41, 5.74) is 2.23. The van der Waals surface area contributed by atoms with Crippen molar-refractivity contribution in [2.75, 3.05) is 38.2 Å². The maximum atomic E-state index is 10.4. The van der Waals surface area contributed by atoms with E-state index < -0.39 is 0 Å². The molecule has 3 aromatic carbocycles. The molecule has 1 aliphatic heterocycles. The molecule has 0 bridgehead atoms. The van der Waals surface area contributed by atoms with Gasteiger partial charge in [0.1, 0.15) is 18.0 Å². The average molecular weight is 349 g/mol. The first kappa shape index (κ1) is 16.7. The van der Waals surface area contributed by atoms with Crippen molar-refractivity contribution in [3.63, 3.8) is 0 Å². The van der Waals surface area contributed by atoms with Crippen LogP contribution in [0.1, 0.15) is 5.56 Å². The normalized spacial score (nSPS) is 15.3. The van der Waals surface area contributed by atoms with E-state index in [2.05, 4.69) is 29.2 Å². The van der Waals surface area contributed by atoms with Gasteiger partial charge in [0, 0.05) is 0 Å². The molecular formula is C22H25N2O2+. The number of quaternary nitrogens is 1. The third kappa shape index (κ3) is 3.20. The fourth-order valence-electron chi connectivity index (χ4n) is 3.89. The highest BCUT2D eigenvalue weighted by atomic mass is 16.5. The second-order valence-corrected chi connectivity index (χ2v) is 6.87. The predicted octanol–water partition coefficient (Wildman–Crippen LogP) is 2.46. The Labute approximate surface area is 154 Å². The van der Waals surface area contributed by atoms with Crippen molar-refractivity contribution < 1.29 is 14.7 Å². The van der Waals surface area contributed by atoms with Gasteiger partial charge in [0.15, 0.2) is 0 Å². The number of fused-ring (bicyclic) bond motifs is 1. The van der Waals surface area contributed by atoms with Gasteiger partial charge < -0.3 is 19.6 Å². The zero-order chi connectivity index (χ0) is 17.9. The number of hydrogen-bond acceptors (Lipinski definition) is 3. The number of phenolic OH excluding ortho intramolecular Hbond substituents is 1. The topological polar surface area (TPSA) is 37.1 Å². The highest BCUT2D eigenvalue weighted by Gasteiger charge is 2.23. The maximum Gasteiger partial charge on any atom is 0.142 e. The molecule has 0 unspecified atom stereocenters. The Kier molecular flexibility index (Phi) is 4.67. The van der Waals surface area contributed by atoms with Crippen molar-refractivity contribution in [3.8, 4) is 11.5 Å². The Hall–Kier alpha value is -2.72. The van der Waals surface area contributed by atoms with E-state index in [1.54, 1.807) is 7.11 Å². The summed E-state index contributed by atoms with van der Waals surface area (Å²) in [4.78, 5) is 3.90.